The van der Waals surface area contributed by atoms with E-state index in [0.717, 1.165) is 23.4 Å². The topological polar surface area (TPSA) is 70.7 Å². The standard InChI is InChI=1S/C22H27N3O3/c1-16(2)15-28-20-9-3-17(4-10-20)11-12-23-21(26)18-5-7-19(8-6-18)25-14-13-24-22(25)27/h3-10,16H,11-15H2,1-2H3,(H,23,26)(H,24,27). The molecular formula is C22H27N3O3. The van der Waals surface area contributed by atoms with Crippen molar-refractivity contribution < 1.29 is 14.3 Å². The maximum atomic E-state index is 12.3. The predicted molar refractivity (Wildman–Crippen MR) is 110 cm³/mol. The van der Waals surface area contributed by atoms with Crippen molar-refractivity contribution in [3.63, 3.8) is 0 Å². The number of carbonyl (C=O) groups excluding carboxylic acids is 2. The average Bonchev–Trinajstić information content (AvgIpc) is 3.13. The third-order valence-corrected chi connectivity index (χ3v) is 4.50. The summed E-state index contributed by atoms with van der Waals surface area (Å²) in [5, 5.41) is 5.70. The van der Waals surface area contributed by atoms with Crippen molar-refractivity contribution in [2.45, 2.75) is 20.3 Å². The summed E-state index contributed by atoms with van der Waals surface area (Å²) in [6.45, 7) is 6.79. The lowest BCUT2D eigenvalue weighted by Gasteiger charge is -2.14. The molecule has 0 unspecified atom stereocenters. The molecule has 1 aliphatic heterocycles. The van der Waals surface area contributed by atoms with Crippen molar-refractivity contribution in [3.8, 4) is 5.75 Å². The first-order chi connectivity index (χ1) is 13.5. The molecule has 0 radical (unpaired) electrons. The van der Waals surface area contributed by atoms with E-state index in [1.165, 1.54) is 0 Å². The number of nitrogens with zero attached hydrogens (tertiary/aromatic N) is 1. The number of amides is 3. The molecule has 3 amide bonds. The molecule has 1 aliphatic rings. The SMILES string of the molecule is CC(C)COc1ccc(CCNC(=O)c2ccc(N3CCNC3=O)cc2)cc1. The zero-order chi connectivity index (χ0) is 19.9. The highest BCUT2D eigenvalue weighted by Crippen LogP contribution is 2.17. The average molecular weight is 381 g/mol. The van der Waals surface area contributed by atoms with Crippen LogP contribution in [0.1, 0.15) is 29.8 Å². The van der Waals surface area contributed by atoms with E-state index in [1.54, 1.807) is 29.2 Å². The van der Waals surface area contributed by atoms with Gasteiger partial charge in [-0.2, -0.15) is 0 Å². The highest BCUT2D eigenvalue weighted by molar-refractivity contribution is 5.97. The molecule has 2 N–H and O–H groups in total. The van der Waals surface area contributed by atoms with Crippen LogP contribution in [0.15, 0.2) is 48.5 Å². The van der Waals surface area contributed by atoms with E-state index in [9.17, 15) is 9.59 Å². The van der Waals surface area contributed by atoms with Crippen molar-refractivity contribution in [2.24, 2.45) is 5.92 Å². The summed E-state index contributed by atoms with van der Waals surface area (Å²) < 4.78 is 5.68. The van der Waals surface area contributed by atoms with Gasteiger partial charge in [0.2, 0.25) is 0 Å². The lowest BCUT2D eigenvalue weighted by Crippen LogP contribution is -2.28. The molecule has 0 atom stereocenters. The van der Waals surface area contributed by atoms with Gasteiger partial charge in [-0.25, -0.2) is 4.79 Å². The molecule has 0 bridgehead atoms. The normalized spacial score (nSPS) is 13.5. The van der Waals surface area contributed by atoms with Crippen molar-refractivity contribution in [1.82, 2.24) is 10.6 Å². The van der Waals surface area contributed by atoms with Crippen LogP contribution in [0.25, 0.3) is 0 Å². The van der Waals surface area contributed by atoms with E-state index in [4.69, 9.17) is 4.74 Å². The van der Waals surface area contributed by atoms with E-state index in [-0.39, 0.29) is 11.9 Å². The summed E-state index contributed by atoms with van der Waals surface area (Å²) in [4.78, 5) is 25.7. The molecule has 0 aromatic heterocycles. The van der Waals surface area contributed by atoms with Crippen molar-refractivity contribution in [1.29, 1.82) is 0 Å². The second-order valence-electron chi connectivity index (χ2n) is 7.29. The Balaban J connectivity index is 1.45. The monoisotopic (exact) mass is 381 g/mol. The molecule has 148 valence electrons. The zero-order valence-electron chi connectivity index (χ0n) is 16.4. The number of hydrogen-bond donors (Lipinski definition) is 2. The van der Waals surface area contributed by atoms with Crippen LogP contribution in [0.3, 0.4) is 0 Å². The summed E-state index contributed by atoms with van der Waals surface area (Å²) in [6, 6.07) is 15.0. The smallest absolute Gasteiger partial charge is 0.321 e. The van der Waals surface area contributed by atoms with Gasteiger partial charge in [0.15, 0.2) is 0 Å². The van der Waals surface area contributed by atoms with Crippen LogP contribution in [0.5, 0.6) is 5.75 Å². The number of carbonyl (C=O) groups is 2. The van der Waals surface area contributed by atoms with Gasteiger partial charge in [-0.15, -0.1) is 0 Å². The van der Waals surface area contributed by atoms with Gasteiger partial charge in [-0.1, -0.05) is 26.0 Å². The number of hydrogen-bond acceptors (Lipinski definition) is 3. The van der Waals surface area contributed by atoms with E-state index in [1.807, 2.05) is 24.3 Å². The minimum absolute atomic E-state index is 0.0992. The second kappa shape index (κ2) is 9.26. The van der Waals surface area contributed by atoms with Crippen molar-refractivity contribution >= 4 is 17.6 Å². The molecule has 0 aliphatic carbocycles. The lowest BCUT2D eigenvalue weighted by atomic mass is 10.1. The molecule has 6 heteroatoms. The van der Waals surface area contributed by atoms with Gasteiger partial charge in [-0.3, -0.25) is 9.69 Å². The molecule has 28 heavy (non-hydrogen) atoms. The van der Waals surface area contributed by atoms with Crippen LogP contribution >= 0.6 is 0 Å². The highest BCUT2D eigenvalue weighted by atomic mass is 16.5. The maximum absolute atomic E-state index is 12.3. The molecule has 0 spiro atoms. The van der Waals surface area contributed by atoms with Crippen LogP contribution in [0.4, 0.5) is 10.5 Å². The highest BCUT2D eigenvalue weighted by Gasteiger charge is 2.21. The summed E-state index contributed by atoms with van der Waals surface area (Å²) in [6.07, 6.45) is 0.752. The van der Waals surface area contributed by atoms with Crippen LogP contribution in [0.2, 0.25) is 0 Å². The van der Waals surface area contributed by atoms with Gasteiger partial charge in [0.05, 0.1) is 6.61 Å². The van der Waals surface area contributed by atoms with Gasteiger partial charge < -0.3 is 15.4 Å². The number of nitrogens with one attached hydrogen (secondary N) is 2. The first kappa shape index (κ1) is 19.7. The third kappa shape index (κ3) is 5.25. The van der Waals surface area contributed by atoms with Gasteiger partial charge in [0.1, 0.15) is 5.75 Å². The van der Waals surface area contributed by atoms with Gasteiger partial charge >= 0.3 is 6.03 Å². The molecule has 1 fully saturated rings. The zero-order valence-corrected chi connectivity index (χ0v) is 16.4. The molecule has 0 saturated carbocycles. The van der Waals surface area contributed by atoms with E-state index in [0.29, 0.717) is 37.7 Å². The number of urea groups is 1. The Bertz CT molecular complexity index is 801. The summed E-state index contributed by atoms with van der Waals surface area (Å²) >= 11 is 0. The quantitative estimate of drug-likeness (QED) is 0.738. The number of rotatable bonds is 8. The van der Waals surface area contributed by atoms with Crippen LogP contribution in [0, 0.1) is 5.92 Å². The van der Waals surface area contributed by atoms with Gasteiger partial charge in [0, 0.05) is 30.9 Å². The second-order valence-corrected chi connectivity index (χ2v) is 7.29. The van der Waals surface area contributed by atoms with Crippen molar-refractivity contribution in [2.75, 3.05) is 31.1 Å². The van der Waals surface area contributed by atoms with E-state index < -0.39 is 0 Å². The molecule has 1 heterocycles. The number of ether oxygens (including phenoxy) is 1. The molecule has 1 saturated heterocycles. The minimum atomic E-state index is -0.116. The molecule has 3 rings (SSSR count). The molecule has 2 aromatic rings. The van der Waals surface area contributed by atoms with E-state index >= 15 is 0 Å². The van der Waals surface area contributed by atoms with Crippen LogP contribution in [-0.4, -0.2) is 38.2 Å². The molecule has 6 nitrogen and oxygen atoms in total. The van der Waals surface area contributed by atoms with Gasteiger partial charge in [-0.05, 0) is 54.3 Å². The lowest BCUT2D eigenvalue weighted by molar-refractivity contribution is 0.0954. The first-order valence-corrected chi connectivity index (χ1v) is 9.68. The number of anilines is 1. The number of benzene rings is 2. The largest absolute Gasteiger partial charge is 0.493 e. The molecular weight excluding hydrogens is 354 g/mol. The third-order valence-electron chi connectivity index (χ3n) is 4.50. The summed E-state index contributed by atoms with van der Waals surface area (Å²) in [5.74, 6) is 1.25. The Labute approximate surface area is 165 Å². The predicted octanol–water partition coefficient (Wildman–Crippen LogP) is 3.22. The Morgan fingerprint density at radius 2 is 1.86 bits per heavy atom. The summed E-state index contributed by atoms with van der Waals surface area (Å²) in [7, 11) is 0. The van der Waals surface area contributed by atoms with E-state index in [2.05, 4.69) is 24.5 Å². The van der Waals surface area contributed by atoms with Gasteiger partial charge in [0.25, 0.3) is 5.91 Å². The Hall–Kier alpha value is -3.02. The Morgan fingerprint density at radius 1 is 1.14 bits per heavy atom. The summed E-state index contributed by atoms with van der Waals surface area (Å²) in [5.41, 5.74) is 2.53. The van der Waals surface area contributed by atoms with Crippen molar-refractivity contribution in [3.05, 3.63) is 59.7 Å². The fraction of sp³-hybridized carbons (Fsp3) is 0.364. The van der Waals surface area contributed by atoms with Crippen LogP contribution in [-0.2, 0) is 6.42 Å². The fourth-order valence-electron chi connectivity index (χ4n) is 2.95. The fourth-order valence-corrected chi connectivity index (χ4v) is 2.95. The first-order valence-electron chi connectivity index (χ1n) is 9.68. The van der Waals surface area contributed by atoms with Crippen LogP contribution < -0.4 is 20.3 Å². The Kier molecular flexibility index (Phi) is 6.53. The molecule has 2 aromatic carbocycles. The Morgan fingerprint density at radius 3 is 2.46 bits per heavy atom. The minimum Gasteiger partial charge on any atom is -0.493 e. The maximum Gasteiger partial charge on any atom is 0.321 e.